The van der Waals surface area contributed by atoms with Gasteiger partial charge in [0.2, 0.25) is 10.0 Å². The van der Waals surface area contributed by atoms with Gasteiger partial charge in [0, 0.05) is 41.6 Å². The Morgan fingerprint density at radius 1 is 1.12 bits per heavy atom. The number of fused-ring (bicyclic) bond motifs is 1. The summed E-state index contributed by atoms with van der Waals surface area (Å²) in [6, 6.07) is 10.9. The summed E-state index contributed by atoms with van der Waals surface area (Å²) in [6.07, 6.45) is 3.97. The van der Waals surface area contributed by atoms with Crippen LogP contribution in [0.25, 0.3) is 22.2 Å². The number of hydrogen-bond donors (Lipinski definition) is 1. The SMILES string of the molecule is Cc1cc(N2CCCC2)c2ccc(-c3ncccc3S(N)(=O)=O)cc2n1. The number of aryl methyl sites for hydroxylation is 1. The standard InChI is InChI=1S/C19H20N4O2S/c1-13-11-17(23-9-2-3-10-23)15-7-6-14(12-16(15)22-13)19-18(26(20,24)25)5-4-8-21-19/h4-8,11-12H,2-3,9-10H2,1H3,(H2,20,24,25). The number of anilines is 1. The Hall–Kier alpha value is -2.51. The molecule has 134 valence electrons. The van der Waals surface area contributed by atoms with Crippen LogP contribution in [0.2, 0.25) is 0 Å². The van der Waals surface area contributed by atoms with Crippen LogP contribution >= 0.6 is 0 Å². The molecular weight excluding hydrogens is 348 g/mol. The van der Waals surface area contributed by atoms with Gasteiger partial charge in [-0.2, -0.15) is 0 Å². The quantitative estimate of drug-likeness (QED) is 0.768. The van der Waals surface area contributed by atoms with Crippen molar-refractivity contribution >= 4 is 26.6 Å². The van der Waals surface area contributed by atoms with Crippen LogP contribution in [0.5, 0.6) is 0 Å². The van der Waals surface area contributed by atoms with E-state index in [1.165, 1.54) is 24.6 Å². The van der Waals surface area contributed by atoms with Gasteiger partial charge in [0.15, 0.2) is 0 Å². The molecule has 26 heavy (non-hydrogen) atoms. The minimum Gasteiger partial charge on any atom is -0.371 e. The highest BCUT2D eigenvalue weighted by Gasteiger charge is 2.19. The molecule has 1 saturated heterocycles. The maximum atomic E-state index is 11.9. The van der Waals surface area contributed by atoms with Crippen LogP contribution in [0.3, 0.4) is 0 Å². The Balaban J connectivity index is 1.90. The maximum Gasteiger partial charge on any atom is 0.240 e. The molecule has 2 N–H and O–H groups in total. The predicted octanol–water partition coefficient (Wildman–Crippen LogP) is 2.85. The van der Waals surface area contributed by atoms with E-state index in [1.54, 1.807) is 12.3 Å². The molecule has 6 nitrogen and oxygen atoms in total. The van der Waals surface area contributed by atoms with Gasteiger partial charge in [-0.05, 0) is 44.0 Å². The lowest BCUT2D eigenvalue weighted by Gasteiger charge is -2.20. The lowest BCUT2D eigenvalue weighted by molar-refractivity contribution is 0.597. The Morgan fingerprint density at radius 3 is 2.62 bits per heavy atom. The van der Waals surface area contributed by atoms with Crippen molar-refractivity contribution in [2.45, 2.75) is 24.7 Å². The first-order valence-electron chi connectivity index (χ1n) is 8.58. The van der Waals surface area contributed by atoms with E-state index in [0.29, 0.717) is 11.3 Å². The molecule has 0 bridgehead atoms. The van der Waals surface area contributed by atoms with Gasteiger partial charge in [-0.15, -0.1) is 0 Å². The van der Waals surface area contributed by atoms with Gasteiger partial charge >= 0.3 is 0 Å². The number of pyridine rings is 2. The van der Waals surface area contributed by atoms with Gasteiger partial charge in [0.1, 0.15) is 4.90 Å². The number of primary sulfonamides is 1. The van der Waals surface area contributed by atoms with Crippen LogP contribution in [0.15, 0.2) is 47.5 Å². The smallest absolute Gasteiger partial charge is 0.240 e. The number of nitrogens with two attached hydrogens (primary N) is 1. The highest BCUT2D eigenvalue weighted by atomic mass is 32.2. The van der Waals surface area contributed by atoms with Gasteiger partial charge in [-0.3, -0.25) is 9.97 Å². The van der Waals surface area contributed by atoms with Crippen molar-refractivity contribution in [1.82, 2.24) is 9.97 Å². The van der Waals surface area contributed by atoms with Gasteiger partial charge in [-0.25, -0.2) is 13.6 Å². The largest absolute Gasteiger partial charge is 0.371 e. The highest BCUT2D eigenvalue weighted by Crippen LogP contribution is 2.33. The van der Waals surface area contributed by atoms with E-state index < -0.39 is 10.0 Å². The normalized spacial score (nSPS) is 14.9. The molecule has 1 aliphatic rings. The highest BCUT2D eigenvalue weighted by molar-refractivity contribution is 7.89. The van der Waals surface area contributed by atoms with E-state index in [0.717, 1.165) is 29.7 Å². The molecule has 0 amide bonds. The Kier molecular flexibility index (Phi) is 4.13. The van der Waals surface area contributed by atoms with Crippen molar-refractivity contribution in [3.8, 4) is 11.3 Å². The van der Waals surface area contributed by atoms with E-state index in [9.17, 15) is 8.42 Å². The van der Waals surface area contributed by atoms with Crippen LogP contribution in [0.4, 0.5) is 5.69 Å². The number of hydrogen-bond acceptors (Lipinski definition) is 5. The van der Waals surface area contributed by atoms with Crippen LogP contribution in [-0.2, 0) is 10.0 Å². The third kappa shape index (κ3) is 3.04. The molecule has 0 unspecified atom stereocenters. The van der Waals surface area contributed by atoms with Crippen molar-refractivity contribution in [2.24, 2.45) is 5.14 Å². The average molecular weight is 368 g/mol. The third-order valence-electron chi connectivity index (χ3n) is 4.71. The summed E-state index contributed by atoms with van der Waals surface area (Å²) in [5, 5.41) is 6.41. The lowest BCUT2D eigenvalue weighted by atomic mass is 10.1. The molecule has 0 atom stereocenters. The van der Waals surface area contributed by atoms with Gasteiger partial charge in [0.25, 0.3) is 0 Å². The fraction of sp³-hybridized carbons (Fsp3) is 0.263. The minimum atomic E-state index is -3.86. The summed E-state index contributed by atoms with van der Waals surface area (Å²) in [5.41, 5.74) is 3.99. The molecule has 1 aliphatic heterocycles. The number of aromatic nitrogens is 2. The fourth-order valence-electron chi connectivity index (χ4n) is 3.54. The van der Waals surface area contributed by atoms with Crippen LogP contribution in [-0.4, -0.2) is 31.5 Å². The maximum absolute atomic E-state index is 11.9. The van der Waals surface area contributed by atoms with E-state index >= 15 is 0 Å². The summed E-state index contributed by atoms with van der Waals surface area (Å²) in [6.45, 7) is 4.08. The summed E-state index contributed by atoms with van der Waals surface area (Å²) in [5.74, 6) is 0. The van der Waals surface area contributed by atoms with E-state index in [-0.39, 0.29) is 4.90 Å². The van der Waals surface area contributed by atoms with Crippen LogP contribution in [0, 0.1) is 6.92 Å². The predicted molar refractivity (Wildman–Crippen MR) is 103 cm³/mol. The van der Waals surface area contributed by atoms with Gasteiger partial charge in [-0.1, -0.05) is 12.1 Å². The number of benzene rings is 1. The molecule has 3 aromatic rings. The zero-order valence-corrected chi connectivity index (χ0v) is 15.3. The van der Waals surface area contributed by atoms with Crippen LogP contribution < -0.4 is 10.0 Å². The second kappa shape index (κ2) is 6.34. The zero-order chi connectivity index (χ0) is 18.3. The summed E-state index contributed by atoms with van der Waals surface area (Å²) >= 11 is 0. The first-order chi connectivity index (χ1) is 12.4. The molecule has 0 spiro atoms. The molecule has 1 fully saturated rings. The van der Waals surface area contributed by atoms with Crippen LogP contribution in [0.1, 0.15) is 18.5 Å². The molecule has 0 aliphatic carbocycles. The molecule has 3 heterocycles. The first-order valence-corrected chi connectivity index (χ1v) is 10.1. The van der Waals surface area contributed by atoms with Gasteiger partial charge in [0.05, 0.1) is 11.2 Å². The third-order valence-corrected chi connectivity index (χ3v) is 5.66. The Labute approximate surface area is 152 Å². The van der Waals surface area contributed by atoms with Crippen molar-refractivity contribution in [1.29, 1.82) is 0 Å². The van der Waals surface area contributed by atoms with Gasteiger partial charge < -0.3 is 4.90 Å². The zero-order valence-electron chi connectivity index (χ0n) is 14.5. The molecule has 4 rings (SSSR count). The topological polar surface area (TPSA) is 89.2 Å². The Morgan fingerprint density at radius 2 is 1.88 bits per heavy atom. The summed E-state index contributed by atoms with van der Waals surface area (Å²) in [7, 11) is -3.86. The number of sulfonamides is 1. The summed E-state index contributed by atoms with van der Waals surface area (Å²) in [4.78, 5) is 11.3. The van der Waals surface area contributed by atoms with Crippen molar-refractivity contribution in [3.05, 3.63) is 48.3 Å². The number of nitrogens with zero attached hydrogens (tertiary/aromatic N) is 3. The van der Waals surface area contributed by atoms with Crippen molar-refractivity contribution in [2.75, 3.05) is 18.0 Å². The molecule has 1 aromatic carbocycles. The average Bonchev–Trinajstić information content (AvgIpc) is 3.14. The van der Waals surface area contributed by atoms with E-state index in [2.05, 4.69) is 20.9 Å². The molecule has 7 heteroatoms. The lowest BCUT2D eigenvalue weighted by Crippen LogP contribution is -2.18. The molecule has 2 aromatic heterocycles. The van der Waals surface area contributed by atoms with E-state index in [4.69, 9.17) is 5.14 Å². The fourth-order valence-corrected chi connectivity index (χ4v) is 4.25. The second-order valence-corrected chi connectivity index (χ2v) is 8.13. The van der Waals surface area contributed by atoms with Crippen molar-refractivity contribution in [3.63, 3.8) is 0 Å². The molecule has 0 radical (unpaired) electrons. The molecule has 0 saturated carbocycles. The minimum absolute atomic E-state index is 0.0202. The second-order valence-electron chi connectivity index (χ2n) is 6.60. The summed E-state index contributed by atoms with van der Waals surface area (Å²) < 4.78 is 23.8. The Bertz CT molecular complexity index is 1090. The number of rotatable bonds is 3. The molecular formula is C19H20N4O2S. The van der Waals surface area contributed by atoms with Crippen molar-refractivity contribution < 1.29 is 8.42 Å². The monoisotopic (exact) mass is 368 g/mol. The first kappa shape index (κ1) is 16.9. The van der Waals surface area contributed by atoms with E-state index in [1.807, 2.05) is 25.1 Å².